The third-order valence-corrected chi connectivity index (χ3v) is 2.69. The predicted molar refractivity (Wildman–Crippen MR) is 64.5 cm³/mol. The number of amides is 2. The number of hydrogen-bond acceptors (Lipinski definition) is 4. The van der Waals surface area contributed by atoms with Crippen molar-refractivity contribution < 1.29 is 14.0 Å². The average Bonchev–Trinajstić information content (AvgIpc) is 2.82. The summed E-state index contributed by atoms with van der Waals surface area (Å²) >= 11 is 0. The van der Waals surface area contributed by atoms with Crippen LogP contribution in [0.4, 0.5) is 0 Å². The Labute approximate surface area is 103 Å². The summed E-state index contributed by atoms with van der Waals surface area (Å²) < 4.78 is 5.19. The molecule has 0 unspecified atom stereocenters. The van der Waals surface area contributed by atoms with Crippen LogP contribution in [0.15, 0.2) is 29.0 Å². The minimum absolute atomic E-state index is 0.418. The van der Waals surface area contributed by atoms with E-state index in [4.69, 9.17) is 10.2 Å². The van der Waals surface area contributed by atoms with E-state index in [1.165, 1.54) is 11.3 Å². The lowest BCUT2D eigenvalue weighted by molar-refractivity contribution is -0.143. The molecule has 6 nitrogen and oxygen atoms in total. The second kappa shape index (κ2) is 4.87. The summed E-state index contributed by atoms with van der Waals surface area (Å²) in [6.07, 6.45) is 2.00. The number of oxazole rings is 1. The minimum atomic E-state index is -0.941. The molecule has 0 saturated carbocycles. The summed E-state index contributed by atoms with van der Waals surface area (Å²) in [5.41, 5.74) is 7.41. The molecule has 0 radical (unpaired) electrons. The lowest BCUT2D eigenvalue weighted by Crippen LogP contribution is -2.38. The Morgan fingerprint density at radius 3 is 2.94 bits per heavy atom. The van der Waals surface area contributed by atoms with Crippen LogP contribution in [0.1, 0.15) is 5.56 Å². The Hall–Kier alpha value is -2.37. The van der Waals surface area contributed by atoms with E-state index in [0.717, 1.165) is 11.1 Å². The van der Waals surface area contributed by atoms with Crippen molar-refractivity contribution in [1.82, 2.24) is 9.88 Å². The second-order valence-electron chi connectivity index (χ2n) is 4.00. The van der Waals surface area contributed by atoms with Crippen LogP contribution in [0.2, 0.25) is 0 Å². The monoisotopic (exact) mass is 247 g/mol. The molecule has 0 spiro atoms. The molecule has 0 saturated heterocycles. The summed E-state index contributed by atoms with van der Waals surface area (Å²) in [6, 6.07) is 5.63. The molecule has 0 aliphatic rings. The number of carbonyl (C=O) groups excluding carboxylic acids is 2. The first kappa shape index (κ1) is 12.1. The van der Waals surface area contributed by atoms with E-state index in [1.807, 2.05) is 18.2 Å². The molecule has 0 aliphatic heterocycles. The van der Waals surface area contributed by atoms with Gasteiger partial charge in [0.15, 0.2) is 12.0 Å². The Kier molecular flexibility index (Phi) is 3.27. The number of likely N-dealkylation sites (N-methyl/N-ethyl adjacent to an activating group) is 1. The van der Waals surface area contributed by atoms with Gasteiger partial charge in [0, 0.05) is 13.6 Å². The first-order valence-corrected chi connectivity index (χ1v) is 5.45. The van der Waals surface area contributed by atoms with Gasteiger partial charge in [0.1, 0.15) is 5.52 Å². The first-order chi connectivity index (χ1) is 8.58. The predicted octanol–water partition coefficient (Wildman–Crippen LogP) is 0.314. The number of rotatable bonds is 3. The zero-order valence-electron chi connectivity index (χ0n) is 9.92. The molecule has 6 heteroatoms. The molecular formula is C12H13N3O3. The van der Waals surface area contributed by atoms with E-state index < -0.39 is 11.8 Å². The number of fused-ring (bicyclic) bond motifs is 1. The molecule has 1 heterocycles. The third-order valence-electron chi connectivity index (χ3n) is 2.69. The van der Waals surface area contributed by atoms with Crippen LogP contribution in [0.5, 0.6) is 0 Å². The van der Waals surface area contributed by atoms with Gasteiger partial charge in [-0.05, 0) is 24.1 Å². The Morgan fingerprint density at radius 2 is 2.22 bits per heavy atom. The van der Waals surface area contributed by atoms with Gasteiger partial charge in [-0.25, -0.2) is 4.98 Å². The van der Waals surface area contributed by atoms with Gasteiger partial charge in [0.2, 0.25) is 0 Å². The topological polar surface area (TPSA) is 89.4 Å². The van der Waals surface area contributed by atoms with Crippen LogP contribution in [-0.2, 0) is 16.0 Å². The van der Waals surface area contributed by atoms with Crippen LogP contribution >= 0.6 is 0 Å². The number of aromatic nitrogens is 1. The summed E-state index contributed by atoms with van der Waals surface area (Å²) in [5, 5.41) is 0. The van der Waals surface area contributed by atoms with Crippen molar-refractivity contribution in [2.45, 2.75) is 6.42 Å². The van der Waals surface area contributed by atoms with Gasteiger partial charge in [0.05, 0.1) is 0 Å². The Bertz CT molecular complexity index is 591. The van der Waals surface area contributed by atoms with E-state index >= 15 is 0 Å². The fourth-order valence-corrected chi connectivity index (χ4v) is 1.64. The normalized spacial score (nSPS) is 10.5. The van der Waals surface area contributed by atoms with Gasteiger partial charge in [-0.2, -0.15) is 0 Å². The van der Waals surface area contributed by atoms with Crippen LogP contribution in [0.3, 0.4) is 0 Å². The van der Waals surface area contributed by atoms with E-state index in [0.29, 0.717) is 18.5 Å². The van der Waals surface area contributed by atoms with Crippen molar-refractivity contribution in [2.75, 3.05) is 13.6 Å². The molecule has 0 fully saturated rings. The molecule has 2 N–H and O–H groups in total. The summed E-state index contributed by atoms with van der Waals surface area (Å²) in [5.74, 6) is -1.63. The minimum Gasteiger partial charge on any atom is -0.443 e. The fraction of sp³-hybridized carbons (Fsp3) is 0.250. The molecule has 0 atom stereocenters. The number of benzene rings is 1. The molecule has 2 rings (SSSR count). The number of primary amides is 1. The molecule has 1 aromatic carbocycles. The highest BCUT2D eigenvalue weighted by molar-refractivity contribution is 6.34. The zero-order chi connectivity index (χ0) is 13.1. The molecule has 18 heavy (non-hydrogen) atoms. The van der Waals surface area contributed by atoms with Crippen molar-refractivity contribution >= 4 is 22.9 Å². The zero-order valence-corrected chi connectivity index (χ0v) is 9.92. The smallest absolute Gasteiger partial charge is 0.311 e. The lowest BCUT2D eigenvalue weighted by Gasteiger charge is -2.14. The highest BCUT2D eigenvalue weighted by Crippen LogP contribution is 2.14. The van der Waals surface area contributed by atoms with Gasteiger partial charge in [-0.3, -0.25) is 9.59 Å². The van der Waals surface area contributed by atoms with Crippen LogP contribution in [0.25, 0.3) is 11.1 Å². The summed E-state index contributed by atoms with van der Waals surface area (Å²) in [7, 11) is 1.54. The van der Waals surface area contributed by atoms with Gasteiger partial charge < -0.3 is 15.1 Å². The maximum Gasteiger partial charge on any atom is 0.311 e. The number of nitrogens with zero attached hydrogens (tertiary/aromatic N) is 2. The maximum absolute atomic E-state index is 11.3. The van der Waals surface area contributed by atoms with E-state index in [9.17, 15) is 9.59 Å². The number of nitrogens with two attached hydrogens (primary N) is 1. The lowest BCUT2D eigenvalue weighted by atomic mass is 10.1. The molecule has 0 aliphatic carbocycles. The third kappa shape index (κ3) is 2.48. The highest BCUT2D eigenvalue weighted by Gasteiger charge is 2.14. The Balaban J connectivity index is 2.01. The molecule has 2 aromatic rings. The molecular weight excluding hydrogens is 234 g/mol. The number of hydrogen-bond donors (Lipinski definition) is 1. The summed E-state index contributed by atoms with van der Waals surface area (Å²) in [4.78, 5) is 27.3. The van der Waals surface area contributed by atoms with Gasteiger partial charge >= 0.3 is 11.8 Å². The van der Waals surface area contributed by atoms with Gasteiger partial charge in [-0.1, -0.05) is 6.07 Å². The molecule has 2 amide bonds. The van der Waals surface area contributed by atoms with Crippen molar-refractivity contribution in [2.24, 2.45) is 5.73 Å². The van der Waals surface area contributed by atoms with E-state index in [-0.39, 0.29) is 0 Å². The first-order valence-electron chi connectivity index (χ1n) is 5.45. The van der Waals surface area contributed by atoms with Crippen molar-refractivity contribution in [3.8, 4) is 0 Å². The van der Waals surface area contributed by atoms with Crippen molar-refractivity contribution in [3.05, 3.63) is 30.2 Å². The quantitative estimate of drug-likeness (QED) is 0.790. The van der Waals surface area contributed by atoms with Crippen LogP contribution < -0.4 is 5.73 Å². The van der Waals surface area contributed by atoms with E-state index in [1.54, 1.807) is 7.05 Å². The largest absolute Gasteiger partial charge is 0.443 e. The Morgan fingerprint density at radius 1 is 1.44 bits per heavy atom. The maximum atomic E-state index is 11.3. The van der Waals surface area contributed by atoms with Crippen LogP contribution in [-0.4, -0.2) is 35.3 Å². The standard InChI is InChI=1S/C12H13N3O3/c1-15(12(17)11(13)16)5-4-8-2-3-9-10(6-8)18-7-14-9/h2-3,6-7H,4-5H2,1H3,(H2,13,16). The van der Waals surface area contributed by atoms with Crippen molar-refractivity contribution in [3.63, 3.8) is 0 Å². The average molecular weight is 247 g/mol. The van der Waals surface area contributed by atoms with Gasteiger partial charge in [0.25, 0.3) is 0 Å². The number of carbonyl (C=O) groups is 2. The molecule has 1 aromatic heterocycles. The second-order valence-corrected chi connectivity index (χ2v) is 4.00. The van der Waals surface area contributed by atoms with E-state index in [2.05, 4.69) is 4.98 Å². The van der Waals surface area contributed by atoms with Crippen LogP contribution in [0, 0.1) is 0 Å². The molecule has 0 bridgehead atoms. The summed E-state index contributed by atoms with van der Waals surface area (Å²) in [6.45, 7) is 0.418. The highest BCUT2D eigenvalue weighted by atomic mass is 16.3. The van der Waals surface area contributed by atoms with Gasteiger partial charge in [-0.15, -0.1) is 0 Å². The SMILES string of the molecule is CN(CCc1ccc2ncoc2c1)C(=O)C(N)=O. The fourth-order valence-electron chi connectivity index (χ4n) is 1.64. The molecule has 94 valence electrons. The van der Waals surface area contributed by atoms with Crippen molar-refractivity contribution in [1.29, 1.82) is 0 Å².